The third kappa shape index (κ3) is 2.32. The number of hydrogen-bond donors (Lipinski definition) is 0. The summed E-state index contributed by atoms with van der Waals surface area (Å²) in [4.78, 5) is 10.7. The van der Waals surface area contributed by atoms with Gasteiger partial charge in [0.2, 0.25) is 0 Å². The lowest BCUT2D eigenvalue weighted by molar-refractivity contribution is 0.0790. The van der Waals surface area contributed by atoms with Crippen LogP contribution in [0.1, 0.15) is 44.9 Å². The Kier molecular flexibility index (Phi) is 3.51. The van der Waals surface area contributed by atoms with Gasteiger partial charge in [0.05, 0.1) is 12.1 Å². The van der Waals surface area contributed by atoms with Gasteiger partial charge in [0.15, 0.2) is 0 Å². The SMILES string of the molecule is O=NC1CCCCC1CC1CCCO1. The fourth-order valence-corrected chi connectivity index (χ4v) is 2.77. The Labute approximate surface area is 85.2 Å². The van der Waals surface area contributed by atoms with E-state index in [-0.39, 0.29) is 6.04 Å². The van der Waals surface area contributed by atoms with Gasteiger partial charge >= 0.3 is 0 Å². The largest absolute Gasteiger partial charge is 0.378 e. The number of rotatable bonds is 3. The van der Waals surface area contributed by atoms with Crippen LogP contribution >= 0.6 is 0 Å². The maximum absolute atomic E-state index is 10.7. The molecule has 1 aliphatic carbocycles. The fraction of sp³-hybridized carbons (Fsp3) is 1.00. The standard InChI is InChI=1S/C11H19NO2/c13-12-11-6-2-1-4-9(11)8-10-5-3-7-14-10/h9-11H,1-8H2. The topological polar surface area (TPSA) is 38.7 Å². The molecule has 1 aliphatic heterocycles. The predicted octanol–water partition coefficient (Wildman–Crippen LogP) is 2.88. The van der Waals surface area contributed by atoms with Gasteiger partial charge in [-0.1, -0.05) is 18.0 Å². The summed E-state index contributed by atoms with van der Waals surface area (Å²) in [5.74, 6) is 0.504. The second-order valence-corrected chi connectivity index (χ2v) is 4.59. The highest BCUT2D eigenvalue weighted by molar-refractivity contribution is 4.83. The summed E-state index contributed by atoms with van der Waals surface area (Å²) in [7, 11) is 0. The van der Waals surface area contributed by atoms with E-state index in [9.17, 15) is 4.91 Å². The highest BCUT2D eigenvalue weighted by Gasteiger charge is 2.29. The summed E-state index contributed by atoms with van der Waals surface area (Å²) >= 11 is 0. The van der Waals surface area contributed by atoms with Crippen LogP contribution in [-0.4, -0.2) is 18.8 Å². The maximum Gasteiger partial charge on any atom is 0.0948 e. The zero-order valence-electron chi connectivity index (χ0n) is 8.65. The van der Waals surface area contributed by atoms with Crippen molar-refractivity contribution in [2.45, 2.75) is 57.1 Å². The molecule has 0 amide bonds. The molecule has 0 spiro atoms. The molecule has 3 atom stereocenters. The minimum atomic E-state index is 0.0768. The first kappa shape index (κ1) is 10.1. The quantitative estimate of drug-likeness (QED) is 0.652. The monoisotopic (exact) mass is 197 g/mol. The van der Waals surface area contributed by atoms with Crippen molar-refractivity contribution in [2.75, 3.05) is 6.61 Å². The van der Waals surface area contributed by atoms with E-state index >= 15 is 0 Å². The van der Waals surface area contributed by atoms with Gasteiger partial charge in [-0.25, -0.2) is 0 Å². The molecule has 14 heavy (non-hydrogen) atoms. The summed E-state index contributed by atoms with van der Waals surface area (Å²) in [5, 5.41) is 3.27. The number of ether oxygens (including phenoxy) is 1. The van der Waals surface area contributed by atoms with E-state index in [0.717, 1.165) is 19.4 Å². The molecular formula is C11H19NO2. The van der Waals surface area contributed by atoms with E-state index < -0.39 is 0 Å². The van der Waals surface area contributed by atoms with E-state index in [4.69, 9.17) is 4.74 Å². The van der Waals surface area contributed by atoms with Crippen molar-refractivity contribution in [1.29, 1.82) is 0 Å². The van der Waals surface area contributed by atoms with Crippen molar-refractivity contribution in [3.05, 3.63) is 4.91 Å². The predicted molar refractivity (Wildman–Crippen MR) is 55.1 cm³/mol. The van der Waals surface area contributed by atoms with Crippen molar-refractivity contribution in [1.82, 2.24) is 0 Å². The minimum Gasteiger partial charge on any atom is -0.378 e. The molecule has 3 heteroatoms. The van der Waals surface area contributed by atoms with E-state index in [0.29, 0.717) is 12.0 Å². The average molecular weight is 197 g/mol. The molecule has 80 valence electrons. The van der Waals surface area contributed by atoms with E-state index in [2.05, 4.69) is 5.18 Å². The number of hydrogen-bond acceptors (Lipinski definition) is 3. The smallest absolute Gasteiger partial charge is 0.0948 e. The molecule has 0 bridgehead atoms. The van der Waals surface area contributed by atoms with Crippen molar-refractivity contribution in [3.63, 3.8) is 0 Å². The van der Waals surface area contributed by atoms with Crippen LogP contribution in [0.5, 0.6) is 0 Å². The molecular weight excluding hydrogens is 178 g/mol. The Balaban J connectivity index is 1.83. The third-order valence-electron chi connectivity index (χ3n) is 3.59. The van der Waals surface area contributed by atoms with Gasteiger partial charge in [-0.15, -0.1) is 0 Å². The molecule has 2 aliphatic rings. The lowest BCUT2D eigenvalue weighted by Crippen LogP contribution is -2.26. The first-order valence-corrected chi connectivity index (χ1v) is 5.84. The molecule has 1 saturated heterocycles. The minimum absolute atomic E-state index is 0.0768. The molecule has 2 fully saturated rings. The lowest BCUT2D eigenvalue weighted by atomic mass is 9.81. The van der Waals surface area contributed by atoms with Gasteiger partial charge in [-0.05, 0) is 38.0 Å². The zero-order chi connectivity index (χ0) is 9.80. The van der Waals surface area contributed by atoms with Crippen molar-refractivity contribution < 1.29 is 4.74 Å². The van der Waals surface area contributed by atoms with Crippen LogP contribution in [0.4, 0.5) is 0 Å². The van der Waals surface area contributed by atoms with Crippen LogP contribution in [0.25, 0.3) is 0 Å². The summed E-state index contributed by atoms with van der Waals surface area (Å²) in [5.41, 5.74) is 0. The molecule has 3 nitrogen and oxygen atoms in total. The summed E-state index contributed by atoms with van der Waals surface area (Å²) < 4.78 is 5.60. The summed E-state index contributed by atoms with van der Waals surface area (Å²) in [6.45, 7) is 0.913. The Morgan fingerprint density at radius 1 is 1.14 bits per heavy atom. The van der Waals surface area contributed by atoms with Gasteiger partial charge in [-0.2, -0.15) is 4.91 Å². The third-order valence-corrected chi connectivity index (χ3v) is 3.59. The maximum atomic E-state index is 10.7. The molecule has 0 aromatic rings. The van der Waals surface area contributed by atoms with E-state index in [1.165, 1.54) is 32.1 Å². The normalized spacial score (nSPS) is 38.4. The Morgan fingerprint density at radius 3 is 2.71 bits per heavy atom. The molecule has 0 aromatic carbocycles. The molecule has 2 rings (SSSR count). The molecule has 1 saturated carbocycles. The van der Waals surface area contributed by atoms with Gasteiger partial charge < -0.3 is 4.74 Å². The second-order valence-electron chi connectivity index (χ2n) is 4.59. The van der Waals surface area contributed by atoms with Crippen LogP contribution in [0, 0.1) is 10.8 Å². The first-order valence-electron chi connectivity index (χ1n) is 5.84. The number of nitrogens with zero attached hydrogens (tertiary/aromatic N) is 1. The molecule has 1 heterocycles. The van der Waals surface area contributed by atoms with Crippen LogP contribution in [0.15, 0.2) is 5.18 Å². The van der Waals surface area contributed by atoms with Crippen LogP contribution in [-0.2, 0) is 4.74 Å². The van der Waals surface area contributed by atoms with Crippen LogP contribution in [0.2, 0.25) is 0 Å². The van der Waals surface area contributed by atoms with E-state index in [1.54, 1.807) is 0 Å². The first-order chi connectivity index (χ1) is 6.90. The van der Waals surface area contributed by atoms with Crippen molar-refractivity contribution in [3.8, 4) is 0 Å². The molecule has 0 aromatic heterocycles. The number of nitroso groups, excluding NO2 is 1. The Bertz CT molecular complexity index is 190. The highest BCUT2D eigenvalue weighted by Crippen LogP contribution is 2.32. The molecule has 3 unspecified atom stereocenters. The lowest BCUT2D eigenvalue weighted by Gasteiger charge is -2.28. The van der Waals surface area contributed by atoms with Crippen LogP contribution < -0.4 is 0 Å². The van der Waals surface area contributed by atoms with Gasteiger partial charge in [-0.3, -0.25) is 0 Å². The Morgan fingerprint density at radius 2 is 2.00 bits per heavy atom. The Hall–Kier alpha value is -0.440. The molecule has 0 radical (unpaired) electrons. The second kappa shape index (κ2) is 4.87. The highest BCUT2D eigenvalue weighted by atomic mass is 16.5. The van der Waals surface area contributed by atoms with Crippen LogP contribution in [0.3, 0.4) is 0 Å². The zero-order valence-corrected chi connectivity index (χ0v) is 8.65. The van der Waals surface area contributed by atoms with Gasteiger partial charge in [0.1, 0.15) is 0 Å². The van der Waals surface area contributed by atoms with E-state index in [1.807, 2.05) is 0 Å². The molecule has 0 N–H and O–H groups in total. The van der Waals surface area contributed by atoms with Gasteiger partial charge in [0.25, 0.3) is 0 Å². The van der Waals surface area contributed by atoms with Crippen molar-refractivity contribution in [2.24, 2.45) is 11.1 Å². The average Bonchev–Trinajstić information content (AvgIpc) is 2.71. The summed E-state index contributed by atoms with van der Waals surface area (Å²) in [6.07, 6.45) is 8.48. The fourth-order valence-electron chi connectivity index (χ4n) is 2.77. The summed E-state index contributed by atoms with van der Waals surface area (Å²) in [6, 6.07) is 0.0768. The van der Waals surface area contributed by atoms with Gasteiger partial charge in [0, 0.05) is 6.61 Å². The van der Waals surface area contributed by atoms with Crippen molar-refractivity contribution >= 4 is 0 Å².